The van der Waals surface area contributed by atoms with Gasteiger partial charge in [0.25, 0.3) is 0 Å². The van der Waals surface area contributed by atoms with E-state index < -0.39 is 0 Å². The summed E-state index contributed by atoms with van der Waals surface area (Å²) in [5.41, 5.74) is 0. The molecule has 2 rings (SSSR count). The largest absolute Gasteiger partial charge is 0.316 e. The van der Waals surface area contributed by atoms with Crippen LogP contribution in [0.4, 0.5) is 0 Å². The van der Waals surface area contributed by atoms with Crippen molar-refractivity contribution < 1.29 is 0 Å². The smallest absolute Gasteiger partial charge is 0.00955 e. The summed E-state index contributed by atoms with van der Waals surface area (Å²) in [6.07, 6.45) is 8.51. The number of nitrogens with zero attached hydrogens (tertiary/aromatic N) is 1. The lowest BCUT2D eigenvalue weighted by Gasteiger charge is -2.33. The van der Waals surface area contributed by atoms with Crippen LogP contribution in [0.5, 0.6) is 0 Å². The molecule has 1 heterocycles. The predicted molar refractivity (Wildman–Crippen MR) is 74.3 cm³/mol. The van der Waals surface area contributed by atoms with E-state index in [1.807, 2.05) is 0 Å². The predicted octanol–water partition coefficient (Wildman–Crippen LogP) is 2.89. The first-order valence-corrected chi connectivity index (χ1v) is 7.74. The van der Waals surface area contributed by atoms with E-state index in [0.29, 0.717) is 0 Å². The summed E-state index contributed by atoms with van der Waals surface area (Å²) in [7, 11) is 0. The first kappa shape index (κ1) is 13.4. The maximum Gasteiger partial charge on any atom is 0.00955 e. The van der Waals surface area contributed by atoms with Gasteiger partial charge in [-0.3, -0.25) is 0 Å². The number of rotatable bonds is 5. The molecule has 0 radical (unpaired) electrons. The fraction of sp³-hybridized carbons (Fsp3) is 1.00. The molecule has 1 aliphatic heterocycles. The van der Waals surface area contributed by atoms with Crippen LogP contribution < -0.4 is 5.32 Å². The molecule has 0 bridgehead atoms. The minimum atomic E-state index is 0.917. The number of nitrogens with one attached hydrogen (secondary N) is 1. The zero-order valence-corrected chi connectivity index (χ0v) is 11.8. The van der Waals surface area contributed by atoms with Gasteiger partial charge in [0.1, 0.15) is 0 Å². The summed E-state index contributed by atoms with van der Waals surface area (Å²) in [5, 5.41) is 3.58. The zero-order chi connectivity index (χ0) is 12.1. The third-order valence-corrected chi connectivity index (χ3v) is 4.68. The molecule has 1 atom stereocenters. The second kappa shape index (κ2) is 6.75. The topological polar surface area (TPSA) is 15.3 Å². The molecular formula is C15H30N2. The van der Waals surface area contributed by atoms with E-state index in [1.54, 1.807) is 0 Å². The van der Waals surface area contributed by atoms with Gasteiger partial charge in [-0.1, -0.05) is 13.8 Å². The van der Waals surface area contributed by atoms with Crippen LogP contribution in [0.2, 0.25) is 0 Å². The van der Waals surface area contributed by atoms with Gasteiger partial charge in [-0.25, -0.2) is 0 Å². The van der Waals surface area contributed by atoms with E-state index in [-0.39, 0.29) is 0 Å². The Balaban J connectivity index is 1.66. The van der Waals surface area contributed by atoms with E-state index in [1.165, 1.54) is 64.7 Å². The standard InChI is InChI=1S/C15H30N2/c1-3-9-16-11-14-8-10-17(12-14)15-6-4-13(2)5-7-15/h13-16H,3-12H2,1-2H3. The van der Waals surface area contributed by atoms with Gasteiger partial charge in [-0.15, -0.1) is 0 Å². The van der Waals surface area contributed by atoms with Crippen LogP contribution in [0.1, 0.15) is 52.4 Å². The van der Waals surface area contributed by atoms with E-state index in [2.05, 4.69) is 24.1 Å². The highest BCUT2D eigenvalue weighted by molar-refractivity contribution is 4.85. The summed E-state index contributed by atoms with van der Waals surface area (Å²) in [5.74, 6) is 1.90. The van der Waals surface area contributed by atoms with E-state index in [9.17, 15) is 0 Å². The maximum atomic E-state index is 3.58. The molecule has 2 aliphatic rings. The van der Waals surface area contributed by atoms with Crippen molar-refractivity contribution >= 4 is 0 Å². The SMILES string of the molecule is CCCNCC1CCN(C2CCC(C)CC2)C1. The quantitative estimate of drug-likeness (QED) is 0.741. The monoisotopic (exact) mass is 238 g/mol. The van der Waals surface area contributed by atoms with Gasteiger partial charge in [0.15, 0.2) is 0 Å². The number of likely N-dealkylation sites (tertiary alicyclic amines) is 1. The van der Waals surface area contributed by atoms with Gasteiger partial charge in [0.05, 0.1) is 0 Å². The Kier molecular flexibility index (Phi) is 5.30. The summed E-state index contributed by atoms with van der Waals surface area (Å²) in [6, 6.07) is 0.919. The van der Waals surface area contributed by atoms with E-state index in [0.717, 1.165) is 17.9 Å². The zero-order valence-electron chi connectivity index (χ0n) is 11.8. The molecule has 1 unspecified atom stereocenters. The first-order valence-electron chi connectivity index (χ1n) is 7.74. The second-order valence-electron chi connectivity index (χ2n) is 6.27. The average Bonchev–Trinajstić information content (AvgIpc) is 2.79. The van der Waals surface area contributed by atoms with E-state index >= 15 is 0 Å². The molecule has 2 heteroatoms. The van der Waals surface area contributed by atoms with Crippen LogP contribution in [0.25, 0.3) is 0 Å². The highest BCUT2D eigenvalue weighted by Crippen LogP contribution is 2.30. The van der Waals surface area contributed by atoms with Crippen LogP contribution in [-0.4, -0.2) is 37.1 Å². The Morgan fingerprint density at radius 2 is 1.88 bits per heavy atom. The normalized spacial score (nSPS) is 35.3. The van der Waals surface area contributed by atoms with Crippen LogP contribution in [0.15, 0.2) is 0 Å². The Hall–Kier alpha value is -0.0800. The second-order valence-corrected chi connectivity index (χ2v) is 6.27. The van der Waals surface area contributed by atoms with Crippen LogP contribution in [-0.2, 0) is 0 Å². The Labute approximate surface area is 107 Å². The lowest BCUT2D eigenvalue weighted by Crippen LogP contribution is -2.37. The molecule has 100 valence electrons. The van der Waals surface area contributed by atoms with Gasteiger partial charge in [-0.2, -0.15) is 0 Å². The Morgan fingerprint density at radius 3 is 2.59 bits per heavy atom. The molecule has 1 aliphatic carbocycles. The van der Waals surface area contributed by atoms with Crippen molar-refractivity contribution in [3.8, 4) is 0 Å². The fourth-order valence-corrected chi connectivity index (χ4v) is 3.45. The van der Waals surface area contributed by atoms with Gasteiger partial charge >= 0.3 is 0 Å². The third-order valence-electron chi connectivity index (χ3n) is 4.68. The molecule has 0 aromatic heterocycles. The van der Waals surface area contributed by atoms with Gasteiger partial charge < -0.3 is 10.2 Å². The summed E-state index contributed by atoms with van der Waals surface area (Å²) in [6.45, 7) is 9.81. The van der Waals surface area contributed by atoms with Crippen molar-refractivity contribution in [3.05, 3.63) is 0 Å². The van der Waals surface area contributed by atoms with Crippen LogP contribution >= 0.6 is 0 Å². The summed E-state index contributed by atoms with van der Waals surface area (Å²) >= 11 is 0. The van der Waals surface area contributed by atoms with Gasteiger partial charge in [0, 0.05) is 12.6 Å². The lowest BCUT2D eigenvalue weighted by atomic mass is 9.87. The highest BCUT2D eigenvalue weighted by Gasteiger charge is 2.29. The minimum absolute atomic E-state index is 0.917. The Bertz CT molecular complexity index is 209. The summed E-state index contributed by atoms with van der Waals surface area (Å²) < 4.78 is 0. The molecule has 1 saturated carbocycles. The average molecular weight is 238 g/mol. The van der Waals surface area contributed by atoms with Crippen molar-refractivity contribution in [2.45, 2.75) is 58.4 Å². The van der Waals surface area contributed by atoms with Crippen LogP contribution in [0.3, 0.4) is 0 Å². The van der Waals surface area contributed by atoms with Gasteiger partial charge in [-0.05, 0) is 70.0 Å². The summed E-state index contributed by atoms with van der Waals surface area (Å²) in [4.78, 5) is 2.78. The van der Waals surface area contributed by atoms with Gasteiger partial charge in [0.2, 0.25) is 0 Å². The highest BCUT2D eigenvalue weighted by atomic mass is 15.2. The van der Waals surface area contributed by atoms with Crippen molar-refractivity contribution in [1.82, 2.24) is 10.2 Å². The van der Waals surface area contributed by atoms with Crippen molar-refractivity contribution in [1.29, 1.82) is 0 Å². The fourth-order valence-electron chi connectivity index (χ4n) is 3.45. The molecule has 1 saturated heterocycles. The maximum absolute atomic E-state index is 3.58. The third kappa shape index (κ3) is 3.96. The van der Waals surface area contributed by atoms with E-state index in [4.69, 9.17) is 0 Å². The Morgan fingerprint density at radius 1 is 1.12 bits per heavy atom. The molecule has 0 spiro atoms. The molecule has 0 amide bonds. The number of hydrogen-bond acceptors (Lipinski definition) is 2. The van der Waals surface area contributed by atoms with Crippen molar-refractivity contribution in [2.75, 3.05) is 26.2 Å². The molecule has 0 aromatic rings. The van der Waals surface area contributed by atoms with Crippen LogP contribution in [0, 0.1) is 11.8 Å². The molecule has 17 heavy (non-hydrogen) atoms. The number of hydrogen-bond donors (Lipinski definition) is 1. The van der Waals surface area contributed by atoms with Crippen molar-refractivity contribution in [2.24, 2.45) is 11.8 Å². The van der Waals surface area contributed by atoms with Crippen molar-refractivity contribution in [3.63, 3.8) is 0 Å². The lowest BCUT2D eigenvalue weighted by molar-refractivity contribution is 0.164. The molecule has 2 nitrogen and oxygen atoms in total. The molecule has 1 N–H and O–H groups in total. The molecule has 2 fully saturated rings. The molecule has 0 aromatic carbocycles. The minimum Gasteiger partial charge on any atom is -0.316 e. The first-order chi connectivity index (χ1) is 8.29. The molecular weight excluding hydrogens is 208 g/mol.